The molecule has 0 saturated heterocycles. The molecule has 0 aliphatic rings. The summed E-state index contributed by atoms with van der Waals surface area (Å²) in [5, 5.41) is 3.42. The zero-order chi connectivity index (χ0) is 23.4. The number of carbonyl (C=O) groups excluding carboxylic acids is 1. The minimum absolute atomic E-state index is 0.216. The fourth-order valence-electron chi connectivity index (χ4n) is 3.93. The predicted octanol–water partition coefficient (Wildman–Crippen LogP) is 5.01. The number of fused-ring (bicyclic) bond motifs is 1. The Hall–Kier alpha value is -4.13. The van der Waals surface area contributed by atoms with E-state index < -0.39 is 6.04 Å². The second kappa shape index (κ2) is 9.56. The lowest BCUT2D eigenvalue weighted by Crippen LogP contribution is -2.39. The summed E-state index contributed by atoms with van der Waals surface area (Å²) in [7, 11) is 1.56. The first-order chi connectivity index (χ1) is 16.0. The third kappa shape index (κ3) is 4.30. The van der Waals surface area contributed by atoms with Gasteiger partial charge in [-0.2, -0.15) is 0 Å². The molecule has 7 nitrogen and oxygen atoms in total. The standard InChI is InChI=1S/C26H26N4O3/c1-4-29(26(32)27-19-12-6-5-7-13-19)18(2)24-28-21-15-9-8-14-20(21)25(31)30(24)22-16-10-11-17-23(22)33-3/h5-18H,4H2,1-3H3,(H,27,32). The van der Waals surface area contributed by atoms with E-state index in [9.17, 15) is 9.59 Å². The maximum Gasteiger partial charge on any atom is 0.322 e. The lowest BCUT2D eigenvalue weighted by atomic mass is 10.2. The van der Waals surface area contributed by atoms with Crippen LogP contribution in [0.2, 0.25) is 0 Å². The highest BCUT2D eigenvalue weighted by Crippen LogP contribution is 2.27. The van der Waals surface area contributed by atoms with E-state index in [1.165, 1.54) is 0 Å². The molecule has 7 heteroatoms. The maximum absolute atomic E-state index is 13.6. The number of nitrogens with zero attached hydrogens (tertiary/aromatic N) is 3. The summed E-state index contributed by atoms with van der Waals surface area (Å²) in [6.07, 6.45) is 0. The third-order valence-electron chi connectivity index (χ3n) is 5.60. The normalized spacial score (nSPS) is 11.7. The van der Waals surface area contributed by atoms with Crippen LogP contribution in [0.1, 0.15) is 25.7 Å². The van der Waals surface area contributed by atoms with Crippen LogP contribution in [0, 0.1) is 0 Å². The molecule has 4 aromatic rings. The van der Waals surface area contributed by atoms with E-state index >= 15 is 0 Å². The van der Waals surface area contributed by atoms with Gasteiger partial charge in [0, 0.05) is 12.2 Å². The van der Waals surface area contributed by atoms with Crippen LogP contribution in [0.5, 0.6) is 5.75 Å². The zero-order valence-electron chi connectivity index (χ0n) is 18.9. The van der Waals surface area contributed by atoms with Crippen molar-refractivity contribution in [3.8, 4) is 11.4 Å². The van der Waals surface area contributed by atoms with Crippen molar-refractivity contribution in [2.45, 2.75) is 19.9 Å². The minimum Gasteiger partial charge on any atom is -0.495 e. The number of hydrogen-bond donors (Lipinski definition) is 1. The SMILES string of the molecule is CCN(C(=O)Nc1ccccc1)C(C)c1nc2ccccc2c(=O)n1-c1ccccc1OC. The van der Waals surface area contributed by atoms with Crippen LogP contribution in [0.25, 0.3) is 16.6 Å². The van der Waals surface area contributed by atoms with Gasteiger partial charge >= 0.3 is 6.03 Å². The van der Waals surface area contributed by atoms with Gasteiger partial charge in [-0.3, -0.25) is 9.36 Å². The first-order valence-corrected chi connectivity index (χ1v) is 10.8. The highest BCUT2D eigenvalue weighted by Gasteiger charge is 2.26. The lowest BCUT2D eigenvalue weighted by Gasteiger charge is -2.30. The van der Waals surface area contributed by atoms with Crippen LogP contribution in [0.3, 0.4) is 0 Å². The molecule has 33 heavy (non-hydrogen) atoms. The summed E-state index contributed by atoms with van der Waals surface area (Å²) < 4.78 is 7.08. The molecular weight excluding hydrogens is 416 g/mol. The third-order valence-corrected chi connectivity index (χ3v) is 5.60. The van der Waals surface area contributed by atoms with Crippen LogP contribution in [-0.4, -0.2) is 34.1 Å². The number of methoxy groups -OCH3 is 1. The number of aromatic nitrogens is 2. The molecule has 0 radical (unpaired) electrons. The number of para-hydroxylation sites is 4. The van der Waals surface area contributed by atoms with Crippen molar-refractivity contribution in [2.24, 2.45) is 0 Å². The first-order valence-electron chi connectivity index (χ1n) is 10.8. The molecule has 1 aromatic heterocycles. The molecule has 1 unspecified atom stereocenters. The van der Waals surface area contributed by atoms with Gasteiger partial charge in [-0.1, -0.05) is 42.5 Å². The Balaban J connectivity index is 1.86. The van der Waals surface area contributed by atoms with Crippen molar-refractivity contribution in [1.82, 2.24) is 14.5 Å². The summed E-state index contributed by atoms with van der Waals surface area (Å²) in [5.74, 6) is 0.996. The van der Waals surface area contributed by atoms with Gasteiger partial charge in [-0.25, -0.2) is 9.78 Å². The molecule has 3 aromatic carbocycles. The molecule has 4 rings (SSSR count). The van der Waals surface area contributed by atoms with E-state index in [1.807, 2.05) is 74.5 Å². The Labute approximate surface area is 192 Å². The summed E-state index contributed by atoms with van der Waals surface area (Å²) in [4.78, 5) is 33.3. The molecule has 2 amide bonds. The molecule has 0 saturated carbocycles. The smallest absolute Gasteiger partial charge is 0.322 e. The Bertz CT molecular complexity index is 1330. The van der Waals surface area contributed by atoms with E-state index in [-0.39, 0.29) is 11.6 Å². The van der Waals surface area contributed by atoms with E-state index in [2.05, 4.69) is 5.32 Å². The van der Waals surface area contributed by atoms with Gasteiger partial charge < -0.3 is 15.0 Å². The highest BCUT2D eigenvalue weighted by molar-refractivity contribution is 5.89. The summed E-state index contributed by atoms with van der Waals surface area (Å²) >= 11 is 0. The Morgan fingerprint density at radius 3 is 2.42 bits per heavy atom. The molecule has 0 aliphatic heterocycles. The van der Waals surface area contributed by atoms with Crippen molar-refractivity contribution in [1.29, 1.82) is 0 Å². The van der Waals surface area contributed by atoms with Gasteiger partial charge in [0.05, 0.1) is 29.7 Å². The monoisotopic (exact) mass is 442 g/mol. The average Bonchev–Trinajstić information content (AvgIpc) is 2.85. The van der Waals surface area contributed by atoms with Crippen molar-refractivity contribution in [3.05, 3.63) is 95.0 Å². The summed E-state index contributed by atoms with van der Waals surface area (Å²) in [5.41, 5.74) is 1.63. The van der Waals surface area contributed by atoms with E-state index in [1.54, 1.807) is 34.8 Å². The summed E-state index contributed by atoms with van der Waals surface area (Å²) in [6, 6.07) is 23.0. The van der Waals surface area contributed by atoms with Gasteiger partial charge in [0.15, 0.2) is 0 Å². The Kier molecular flexibility index (Phi) is 6.40. The average molecular weight is 443 g/mol. The molecule has 0 fully saturated rings. The van der Waals surface area contributed by atoms with Crippen LogP contribution in [0.15, 0.2) is 83.7 Å². The van der Waals surface area contributed by atoms with Crippen molar-refractivity contribution < 1.29 is 9.53 Å². The van der Waals surface area contributed by atoms with Crippen molar-refractivity contribution >= 4 is 22.6 Å². The second-order valence-electron chi connectivity index (χ2n) is 7.56. The Morgan fingerprint density at radius 1 is 1.03 bits per heavy atom. The number of rotatable bonds is 6. The number of amides is 2. The predicted molar refractivity (Wildman–Crippen MR) is 130 cm³/mol. The topological polar surface area (TPSA) is 76.5 Å². The van der Waals surface area contributed by atoms with E-state index in [4.69, 9.17) is 9.72 Å². The molecule has 1 N–H and O–H groups in total. The fourth-order valence-corrected chi connectivity index (χ4v) is 3.93. The van der Waals surface area contributed by atoms with Crippen molar-refractivity contribution in [2.75, 3.05) is 19.0 Å². The Morgan fingerprint density at radius 2 is 1.70 bits per heavy atom. The van der Waals surface area contributed by atoms with Gasteiger partial charge in [-0.15, -0.1) is 0 Å². The molecule has 0 spiro atoms. The summed E-state index contributed by atoms with van der Waals surface area (Å²) in [6.45, 7) is 4.19. The number of hydrogen-bond acceptors (Lipinski definition) is 4. The number of nitrogens with one attached hydrogen (secondary N) is 1. The second-order valence-corrected chi connectivity index (χ2v) is 7.56. The maximum atomic E-state index is 13.6. The molecule has 0 aliphatic carbocycles. The highest BCUT2D eigenvalue weighted by atomic mass is 16.5. The fraction of sp³-hybridized carbons (Fsp3) is 0.192. The van der Waals surface area contributed by atoms with Crippen LogP contribution < -0.4 is 15.6 Å². The number of urea groups is 1. The van der Waals surface area contributed by atoms with Gasteiger partial charge in [0.1, 0.15) is 11.6 Å². The number of ether oxygens (including phenoxy) is 1. The number of carbonyl (C=O) groups is 1. The van der Waals surface area contributed by atoms with E-state index in [0.717, 1.165) is 0 Å². The number of anilines is 1. The van der Waals surface area contributed by atoms with Crippen molar-refractivity contribution in [3.63, 3.8) is 0 Å². The quantitative estimate of drug-likeness (QED) is 0.455. The largest absolute Gasteiger partial charge is 0.495 e. The van der Waals surface area contributed by atoms with Gasteiger partial charge in [0.25, 0.3) is 5.56 Å². The van der Waals surface area contributed by atoms with Gasteiger partial charge in [-0.05, 0) is 50.2 Å². The minimum atomic E-state index is -0.499. The molecule has 168 valence electrons. The van der Waals surface area contributed by atoms with Crippen LogP contribution in [0.4, 0.5) is 10.5 Å². The lowest BCUT2D eigenvalue weighted by molar-refractivity contribution is 0.193. The molecular formula is C26H26N4O3. The molecule has 1 atom stereocenters. The zero-order valence-corrected chi connectivity index (χ0v) is 18.9. The van der Waals surface area contributed by atoms with E-state index in [0.29, 0.717) is 40.4 Å². The molecule has 1 heterocycles. The van der Waals surface area contributed by atoms with Gasteiger partial charge in [0.2, 0.25) is 0 Å². The number of benzene rings is 3. The van der Waals surface area contributed by atoms with Crippen LogP contribution in [-0.2, 0) is 0 Å². The molecule has 0 bridgehead atoms. The van der Waals surface area contributed by atoms with Crippen LogP contribution >= 0.6 is 0 Å². The first kappa shape index (κ1) is 22.1.